The van der Waals surface area contributed by atoms with Crippen LogP contribution in [0.25, 0.3) is 0 Å². The van der Waals surface area contributed by atoms with E-state index in [1.54, 1.807) is 12.1 Å². The third kappa shape index (κ3) is 1.99. The van der Waals surface area contributed by atoms with Gasteiger partial charge in [0.1, 0.15) is 0 Å². The maximum atomic E-state index is 11.9. The number of carbonyl (C=O) groups is 1. The molecule has 0 unspecified atom stereocenters. The summed E-state index contributed by atoms with van der Waals surface area (Å²) in [6.45, 7) is 3.96. The fourth-order valence-electron chi connectivity index (χ4n) is 1.66. The number of ketones is 1. The van der Waals surface area contributed by atoms with Crippen molar-refractivity contribution in [3.8, 4) is 0 Å². The van der Waals surface area contributed by atoms with Crippen molar-refractivity contribution in [1.82, 2.24) is 0 Å². The van der Waals surface area contributed by atoms with Crippen LogP contribution in [0.2, 0.25) is 0 Å². The third-order valence-corrected chi connectivity index (χ3v) is 2.23. The van der Waals surface area contributed by atoms with Crippen LogP contribution < -0.4 is 0 Å². The van der Waals surface area contributed by atoms with Crippen molar-refractivity contribution in [2.45, 2.75) is 13.8 Å². The Labute approximate surface area is 88.5 Å². The fraction of sp³-hybridized carbons (Fsp3) is 0.154. The molecule has 0 radical (unpaired) electrons. The molecule has 0 saturated carbocycles. The van der Waals surface area contributed by atoms with Crippen LogP contribution in [0.4, 0.5) is 0 Å². The monoisotopic (exact) mass is 200 g/mol. The maximum Gasteiger partial charge on any atom is 0.228 e. The molecule has 1 aromatic carbocycles. The SMILES string of the molecule is Cc1cc(C)cc(C(=O)c2ccco2)c1. The van der Waals surface area contributed by atoms with Crippen LogP contribution in [0.5, 0.6) is 0 Å². The predicted molar refractivity (Wildman–Crippen MR) is 58.1 cm³/mol. The summed E-state index contributed by atoms with van der Waals surface area (Å²) in [6, 6.07) is 9.19. The second-order valence-corrected chi connectivity index (χ2v) is 3.68. The molecule has 0 aliphatic carbocycles. The first kappa shape index (κ1) is 9.71. The number of aryl methyl sites for hydroxylation is 2. The molecule has 76 valence electrons. The zero-order valence-corrected chi connectivity index (χ0v) is 8.78. The molecule has 0 N–H and O–H groups in total. The van der Waals surface area contributed by atoms with E-state index in [2.05, 4.69) is 0 Å². The van der Waals surface area contributed by atoms with Gasteiger partial charge in [0.05, 0.1) is 6.26 Å². The van der Waals surface area contributed by atoms with E-state index < -0.39 is 0 Å². The molecule has 0 bridgehead atoms. The lowest BCUT2D eigenvalue weighted by atomic mass is 10.0. The van der Waals surface area contributed by atoms with E-state index in [9.17, 15) is 4.79 Å². The highest BCUT2D eigenvalue weighted by Crippen LogP contribution is 2.14. The Morgan fingerprint density at radius 2 is 1.80 bits per heavy atom. The maximum absolute atomic E-state index is 11.9. The van der Waals surface area contributed by atoms with Gasteiger partial charge < -0.3 is 4.42 Å². The first-order valence-electron chi connectivity index (χ1n) is 4.83. The van der Waals surface area contributed by atoms with E-state index >= 15 is 0 Å². The summed E-state index contributed by atoms with van der Waals surface area (Å²) in [5, 5.41) is 0. The van der Waals surface area contributed by atoms with Crippen molar-refractivity contribution in [2.75, 3.05) is 0 Å². The molecule has 0 fully saturated rings. The lowest BCUT2D eigenvalue weighted by Gasteiger charge is -2.01. The van der Waals surface area contributed by atoms with Crippen molar-refractivity contribution in [1.29, 1.82) is 0 Å². The first-order valence-corrected chi connectivity index (χ1v) is 4.83. The summed E-state index contributed by atoms with van der Waals surface area (Å²) in [5.74, 6) is 0.326. The summed E-state index contributed by atoms with van der Waals surface area (Å²) in [4.78, 5) is 11.9. The summed E-state index contributed by atoms with van der Waals surface area (Å²) >= 11 is 0. The van der Waals surface area contributed by atoms with E-state index in [0.29, 0.717) is 11.3 Å². The molecule has 2 nitrogen and oxygen atoms in total. The van der Waals surface area contributed by atoms with Crippen LogP contribution in [-0.2, 0) is 0 Å². The molecule has 0 spiro atoms. The molecule has 2 aromatic rings. The lowest BCUT2D eigenvalue weighted by Crippen LogP contribution is -2.00. The molecule has 0 amide bonds. The van der Waals surface area contributed by atoms with E-state index in [1.807, 2.05) is 32.0 Å². The highest BCUT2D eigenvalue weighted by Gasteiger charge is 2.11. The predicted octanol–water partition coefficient (Wildman–Crippen LogP) is 3.13. The van der Waals surface area contributed by atoms with Gasteiger partial charge in [-0.2, -0.15) is 0 Å². The minimum absolute atomic E-state index is 0.0631. The number of rotatable bonds is 2. The molecule has 2 heteroatoms. The van der Waals surface area contributed by atoms with Crippen LogP contribution >= 0.6 is 0 Å². The van der Waals surface area contributed by atoms with Gasteiger partial charge in [-0.15, -0.1) is 0 Å². The van der Waals surface area contributed by atoms with E-state index in [0.717, 1.165) is 11.1 Å². The minimum Gasteiger partial charge on any atom is -0.461 e. The fourth-order valence-corrected chi connectivity index (χ4v) is 1.66. The highest BCUT2D eigenvalue weighted by molar-refractivity contribution is 6.07. The molecule has 0 saturated heterocycles. The number of carbonyl (C=O) groups excluding carboxylic acids is 1. The Kier molecular flexibility index (Phi) is 2.42. The van der Waals surface area contributed by atoms with Crippen molar-refractivity contribution >= 4 is 5.78 Å². The van der Waals surface area contributed by atoms with Gasteiger partial charge in [-0.05, 0) is 38.1 Å². The molecular weight excluding hydrogens is 188 g/mol. The summed E-state index contributed by atoms with van der Waals surface area (Å²) in [6.07, 6.45) is 1.51. The number of furan rings is 1. The number of hydrogen-bond donors (Lipinski definition) is 0. The van der Waals surface area contributed by atoms with Gasteiger partial charge in [-0.25, -0.2) is 0 Å². The van der Waals surface area contributed by atoms with Crippen molar-refractivity contribution in [3.05, 3.63) is 59.0 Å². The summed E-state index contributed by atoms with van der Waals surface area (Å²) in [5.41, 5.74) is 2.86. The van der Waals surface area contributed by atoms with Gasteiger partial charge in [0.25, 0.3) is 0 Å². The Bertz CT molecular complexity index is 461. The van der Waals surface area contributed by atoms with Crippen LogP contribution in [0.15, 0.2) is 41.0 Å². The van der Waals surface area contributed by atoms with Crippen molar-refractivity contribution in [3.63, 3.8) is 0 Å². The zero-order chi connectivity index (χ0) is 10.8. The summed E-state index contributed by atoms with van der Waals surface area (Å²) in [7, 11) is 0. The molecule has 0 aliphatic heterocycles. The van der Waals surface area contributed by atoms with Gasteiger partial charge in [0.15, 0.2) is 5.76 Å². The molecular formula is C13H12O2. The van der Waals surface area contributed by atoms with E-state index in [4.69, 9.17) is 4.42 Å². The summed E-state index contributed by atoms with van der Waals surface area (Å²) < 4.78 is 5.08. The van der Waals surface area contributed by atoms with Gasteiger partial charge in [0.2, 0.25) is 5.78 Å². The Morgan fingerprint density at radius 1 is 1.13 bits per heavy atom. The highest BCUT2D eigenvalue weighted by atomic mass is 16.3. The third-order valence-electron chi connectivity index (χ3n) is 2.23. The van der Waals surface area contributed by atoms with Crippen LogP contribution in [-0.4, -0.2) is 5.78 Å². The van der Waals surface area contributed by atoms with E-state index in [1.165, 1.54) is 6.26 Å². The molecule has 1 heterocycles. The lowest BCUT2D eigenvalue weighted by molar-refractivity contribution is 0.101. The van der Waals surface area contributed by atoms with Crippen molar-refractivity contribution < 1.29 is 9.21 Å². The quantitative estimate of drug-likeness (QED) is 0.697. The number of benzene rings is 1. The Hall–Kier alpha value is -1.83. The van der Waals surface area contributed by atoms with Gasteiger partial charge in [-0.3, -0.25) is 4.79 Å². The standard InChI is InChI=1S/C13H12O2/c1-9-6-10(2)8-11(7-9)13(14)12-4-3-5-15-12/h3-8H,1-2H3. The second kappa shape index (κ2) is 3.73. The minimum atomic E-state index is -0.0631. The Morgan fingerprint density at radius 3 is 2.33 bits per heavy atom. The average molecular weight is 200 g/mol. The normalized spacial score (nSPS) is 10.3. The molecule has 0 atom stereocenters. The van der Waals surface area contributed by atoms with Crippen LogP contribution in [0.1, 0.15) is 27.2 Å². The smallest absolute Gasteiger partial charge is 0.228 e. The van der Waals surface area contributed by atoms with Crippen LogP contribution in [0, 0.1) is 13.8 Å². The second-order valence-electron chi connectivity index (χ2n) is 3.68. The largest absolute Gasteiger partial charge is 0.461 e. The van der Waals surface area contributed by atoms with Gasteiger partial charge in [0, 0.05) is 5.56 Å². The zero-order valence-electron chi connectivity index (χ0n) is 8.78. The first-order chi connectivity index (χ1) is 7.16. The van der Waals surface area contributed by atoms with Gasteiger partial charge in [-0.1, -0.05) is 17.2 Å². The van der Waals surface area contributed by atoms with Crippen LogP contribution in [0.3, 0.4) is 0 Å². The molecule has 1 aromatic heterocycles. The molecule has 0 aliphatic rings. The van der Waals surface area contributed by atoms with Crippen molar-refractivity contribution in [2.24, 2.45) is 0 Å². The van der Waals surface area contributed by atoms with E-state index in [-0.39, 0.29) is 5.78 Å². The average Bonchev–Trinajstić information content (AvgIpc) is 2.67. The molecule has 2 rings (SSSR count). The van der Waals surface area contributed by atoms with Gasteiger partial charge >= 0.3 is 0 Å². The Balaban J connectivity index is 2.42. The number of hydrogen-bond acceptors (Lipinski definition) is 2. The topological polar surface area (TPSA) is 30.2 Å². The molecule has 15 heavy (non-hydrogen) atoms.